The number of ether oxygens (including phenoxy) is 1. The highest BCUT2D eigenvalue weighted by Gasteiger charge is 2.35. The van der Waals surface area contributed by atoms with Crippen LogP contribution in [0.4, 0.5) is 5.69 Å². The highest BCUT2D eigenvalue weighted by atomic mass is 35.5. The molecule has 0 spiro atoms. The van der Waals surface area contributed by atoms with Crippen LogP contribution in [0.25, 0.3) is 10.9 Å². The number of carbonyl (C=O) groups excluding carboxylic acids is 3. The van der Waals surface area contributed by atoms with E-state index in [4.69, 9.17) is 16.3 Å². The number of aromatic amines is 1. The third kappa shape index (κ3) is 3.66. The third-order valence-electron chi connectivity index (χ3n) is 4.81. The SMILES string of the molecule is COC(=O)CN1C(=O)[C@H](NC(=O)c2cc3cc(Cl)ncc3[nH]2)Cc2ccccc21. The first kappa shape index (κ1) is 18.9. The number of rotatable bonds is 4. The summed E-state index contributed by atoms with van der Waals surface area (Å²) in [4.78, 5) is 45.8. The van der Waals surface area contributed by atoms with Gasteiger partial charge in [0.1, 0.15) is 23.4 Å². The molecule has 1 aliphatic heterocycles. The quantitative estimate of drug-likeness (QED) is 0.504. The summed E-state index contributed by atoms with van der Waals surface area (Å²) >= 11 is 5.89. The summed E-state index contributed by atoms with van der Waals surface area (Å²) in [5, 5.41) is 3.81. The van der Waals surface area contributed by atoms with Crippen molar-refractivity contribution >= 4 is 46.0 Å². The van der Waals surface area contributed by atoms with E-state index in [-0.39, 0.29) is 18.1 Å². The minimum atomic E-state index is -0.810. The lowest BCUT2D eigenvalue weighted by Crippen LogP contribution is -2.54. The Kier molecular flexibility index (Phi) is 4.94. The normalized spacial score (nSPS) is 15.9. The second kappa shape index (κ2) is 7.56. The Hall–Kier alpha value is -3.39. The van der Waals surface area contributed by atoms with Crippen molar-refractivity contribution in [3.63, 3.8) is 0 Å². The number of esters is 1. The van der Waals surface area contributed by atoms with Gasteiger partial charge in [0.25, 0.3) is 5.91 Å². The maximum absolute atomic E-state index is 13.0. The monoisotopic (exact) mass is 412 g/mol. The highest BCUT2D eigenvalue weighted by molar-refractivity contribution is 6.30. The van der Waals surface area contributed by atoms with Crippen LogP contribution in [0.2, 0.25) is 5.15 Å². The molecule has 1 aliphatic rings. The zero-order valence-corrected chi connectivity index (χ0v) is 16.2. The fourth-order valence-corrected chi connectivity index (χ4v) is 3.56. The van der Waals surface area contributed by atoms with Gasteiger partial charge in [-0.1, -0.05) is 29.8 Å². The number of methoxy groups -OCH3 is 1. The minimum Gasteiger partial charge on any atom is -0.468 e. The van der Waals surface area contributed by atoms with E-state index in [2.05, 4.69) is 15.3 Å². The summed E-state index contributed by atoms with van der Waals surface area (Å²) in [6.07, 6.45) is 1.86. The van der Waals surface area contributed by atoms with Crippen LogP contribution < -0.4 is 10.2 Å². The van der Waals surface area contributed by atoms with Crippen molar-refractivity contribution in [3.8, 4) is 0 Å². The number of carbonyl (C=O) groups is 3. The molecule has 29 heavy (non-hydrogen) atoms. The van der Waals surface area contributed by atoms with Crippen LogP contribution in [-0.2, 0) is 20.7 Å². The van der Waals surface area contributed by atoms with Crippen LogP contribution in [-0.4, -0.2) is 47.4 Å². The molecule has 3 heterocycles. The Morgan fingerprint density at radius 1 is 1.34 bits per heavy atom. The zero-order valence-electron chi connectivity index (χ0n) is 15.4. The second-order valence-electron chi connectivity index (χ2n) is 6.64. The molecule has 1 aromatic carbocycles. The van der Waals surface area contributed by atoms with E-state index in [1.807, 2.05) is 12.1 Å². The summed E-state index contributed by atoms with van der Waals surface area (Å²) in [5.74, 6) is -1.35. The summed E-state index contributed by atoms with van der Waals surface area (Å²) in [6, 6.07) is 9.74. The van der Waals surface area contributed by atoms with Gasteiger partial charge in [0.05, 0.1) is 18.8 Å². The largest absolute Gasteiger partial charge is 0.468 e. The average molecular weight is 413 g/mol. The molecule has 2 amide bonds. The molecular weight excluding hydrogens is 396 g/mol. The van der Waals surface area contributed by atoms with Gasteiger partial charge in [-0.25, -0.2) is 4.98 Å². The van der Waals surface area contributed by atoms with Gasteiger partial charge in [0.2, 0.25) is 5.91 Å². The van der Waals surface area contributed by atoms with E-state index in [9.17, 15) is 14.4 Å². The Balaban J connectivity index is 1.59. The third-order valence-corrected chi connectivity index (χ3v) is 5.01. The maximum Gasteiger partial charge on any atom is 0.325 e. The summed E-state index contributed by atoms with van der Waals surface area (Å²) in [5.41, 5.74) is 2.44. The topological polar surface area (TPSA) is 104 Å². The van der Waals surface area contributed by atoms with E-state index >= 15 is 0 Å². The number of hydrogen-bond donors (Lipinski definition) is 2. The van der Waals surface area contributed by atoms with Gasteiger partial charge in [0.15, 0.2) is 0 Å². The van der Waals surface area contributed by atoms with Crippen molar-refractivity contribution in [1.29, 1.82) is 0 Å². The molecule has 0 unspecified atom stereocenters. The molecule has 2 N–H and O–H groups in total. The molecule has 8 nitrogen and oxygen atoms in total. The zero-order chi connectivity index (χ0) is 20.5. The van der Waals surface area contributed by atoms with E-state index in [0.717, 1.165) is 10.9 Å². The van der Waals surface area contributed by atoms with E-state index in [0.29, 0.717) is 22.8 Å². The van der Waals surface area contributed by atoms with Gasteiger partial charge in [-0.2, -0.15) is 0 Å². The molecular formula is C20H17ClN4O4. The molecule has 0 bridgehead atoms. The number of halogens is 1. The van der Waals surface area contributed by atoms with Crippen LogP contribution in [0.3, 0.4) is 0 Å². The number of aromatic nitrogens is 2. The van der Waals surface area contributed by atoms with Crippen LogP contribution in [0.15, 0.2) is 42.6 Å². The highest BCUT2D eigenvalue weighted by Crippen LogP contribution is 2.28. The molecule has 0 aliphatic carbocycles. The number of nitrogens with zero attached hydrogens (tertiary/aromatic N) is 2. The lowest BCUT2D eigenvalue weighted by atomic mass is 9.97. The van der Waals surface area contributed by atoms with Crippen molar-refractivity contribution < 1.29 is 19.1 Å². The number of hydrogen-bond acceptors (Lipinski definition) is 5. The molecule has 0 saturated carbocycles. The van der Waals surface area contributed by atoms with E-state index in [1.165, 1.54) is 18.2 Å². The fraction of sp³-hybridized carbons (Fsp3) is 0.200. The van der Waals surface area contributed by atoms with Gasteiger partial charge in [-0.05, 0) is 23.8 Å². The molecule has 0 radical (unpaired) electrons. The van der Waals surface area contributed by atoms with Gasteiger partial charge >= 0.3 is 5.97 Å². The predicted molar refractivity (Wildman–Crippen MR) is 107 cm³/mol. The number of fused-ring (bicyclic) bond motifs is 2. The lowest BCUT2D eigenvalue weighted by Gasteiger charge is -2.33. The van der Waals surface area contributed by atoms with Gasteiger partial charge in [0, 0.05) is 17.5 Å². The first-order valence-corrected chi connectivity index (χ1v) is 9.25. The number of para-hydroxylation sites is 1. The Labute approximate surface area is 170 Å². The second-order valence-corrected chi connectivity index (χ2v) is 7.02. The van der Waals surface area contributed by atoms with Gasteiger partial charge < -0.3 is 15.0 Å². The first-order chi connectivity index (χ1) is 14.0. The first-order valence-electron chi connectivity index (χ1n) is 8.87. The lowest BCUT2D eigenvalue weighted by molar-refractivity contribution is -0.140. The van der Waals surface area contributed by atoms with E-state index in [1.54, 1.807) is 24.3 Å². The van der Waals surface area contributed by atoms with Crippen molar-refractivity contribution in [2.75, 3.05) is 18.6 Å². The summed E-state index contributed by atoms with van der Waals surface area (Å²) in [7, 11) is 1.26. The molecule has 9 heteroatoms. The van der Waals surface area contributed by atoms with Crippen molar-refractivity contribution in [2.24, 2.45) is 0 Å². The van der Waals surface area contributed by atoms with Crippen LogP contribution in [0.5, 0.6) is 0 Å². The Morgan fingerprint density at radius 2 is 2.14 bits per heavy atom. The van der Waals surface area contributed by atoms with Gasteiger partial charge in [-0.3, -0.25) is 19.3 Å². The molecule has 148 valence electrons. The van der Waals surface area contributed by atoms with Crippen molar-refractivity contribution in [3.05, 3.63) is 59.0 Å². The molecule has 1 atom stereocenters. The number of benzene rings is 1. The predicted octanol–water partition coefficient (Wildman–Crippen LogP) is 2.08. The number of H-pyrrole nitrogens is 1. The summed E-state index contributed by atoms with van der Waals surface area (Å²) in [6.45, 7) is -0.227. The Morgan fingerprint density at radius 3 is 2.93 bits per heavy atom. The molecule has 2 aromatic heterocycles. The molecule has 4 rings (SSSR count). The van der Waals surface area contributed by atoms with Crippen LogP contribution in [0, 0.1) is 0 Å². The molecule has 0 saturated heterocycles. The minimum absolute atomic E-state index is 0.227. The van der Waals surface area contributed by atoms with E-state index < -0.39 is 17.9 Å². The summed E-state index contributed by atoms with van der Waals surface area (Å²) < 4.78 is 4.70. The molecule has 0 fully saturated rings. The van der Waals surface area contributed by atoms with Crippen molar-refractivity contribution in [1.82, 2.24) is 15.3 Å². The smallest absolute Gasteiger partial charge is 0.325 e. The number of pyridine rings is 1. The van der Waals surface area contributed by atoms with Crippen LogP contribution >= 0.6 is 11.6 Å². The standard InChI is InChI=1S/C20H17ClN4O4/c1-29-18(26)10-25-16-5-3-2-4-11(16)6-14(20(25)28)24-19(27)13-7-12-8-17(21)22-9-15(12)23-13/h2-5,7-9,14,23H,6,10H2,1H3,(H,24,27)/t14-/m1/s1. The fourth-order valence-electron chi connectivity index (χ4n) is 3.39. The Bertz CT molecular complexity index is 1130. The number of amides is 2. The number of anilines is 1. The number of nitrogens with one attached hydrogen (secondary N) is 2. The maximum atomic E-state index is 13.0. The van der Waals surface area contributed by atoms with Gasteiger partial charge in [-0.15, -0.1) is 0 Å². The molecule has 3 aromatic rings. The average Bonchev–Trinajstić information content (AvgIpc) is 3.14. The van der Waals surface area contributed by atoms with Crippen molar-refractivity contribution in [2.45, 2.75) is 12.5 Å². The van der Waals surface area contributed by atoms with Crippen LogP contribution in [0.1, 0.15) is 16.1 Å².